The molecule has 0 saturated heterocycles. The third-order valence-electron chi connectivity index (χ3n) is 2.87. The van der Waals surface area contributed by atoms with Gasteiger partial charge in [0.15, 0.2) is 0 Å². The Hall–Kier alpha value is -2.62. The van der Waals surface area contributed by atoms with Crippen LogP contribution in [0.2, 0.25) is 0 Å². The molecule has 0 aliphatic rings. The molecule has 110 valence electrons. The molecule has 0 spiro atoms. The van der Waals surface area contributed by atoms with Crippen molar-refractivity contribution in [3.63, 3.8) is 0 Å². The van der Waals surface area contributed by atoms with Crippen molar-refractivity contribution in [2.75, 3.05) is 10.6 Å². The summed E-state index contributed by atoms with van der Waals surface area (Å²) in [7, 11) is 0. The molecule has 0 radical (unpaired) electrons. The first kappa shape index (κ1) is 16.4. The molecule has 4 heteroatoms. The van der Waals surface area contributed by atoms with Gasteiger partial charge in [-0.15, -0.1) is 0 Å². The van der Waals surface area contributed by atoms with Gasteiger partial charge in [-0.2, -0.15) is 0 Å². The second kappa shape index (κ2) is 7.85. The van der Waals surface area contributed by atoms with E-state index in [2.05, 4.69) is 17.2 Å². The number of nitrogens with one attached hydrogen (secondary N) is 2. The summed E-state index contributed by atoms with van der Waals surface area (Å²) >= 11 is 0. The highest BCUT2D eigenvalue weighted by molar-refractivity contribution is 6.06. The molecule has 4 nitrogen and oxygen atoms in total. The molecule has 2 N–H and O–H groups in total. The van der Waals surface area contributed by atoms with Crippen LogP contribution < -0.4 is 10.6 Å². The van der Waals surface area contributed by atoms with Gasteiger partial charge in [0.05, 0.1) is 0 Å². The van der Waals surface area contributed by atoms with Crippen LogP contribution in [0.25, 0.3) is 5.57 Å². The third kappa shape index (κ3) is 4.45. The molecule has 21 heavy (non-hydrogen) atoms. The van der Waals surface area contributed by atoms with Crippen molar-refractivity contribution in [1.82, 2.24) is 0 Å². The number of allylic oxidation sites excluding steroid dienone is 3. The van der Waals surface area contributed by atoms with Gasteiger partial charge >= 0.3 is 0 Å². The van der Waals surface area contributed by atoms with Gasteiger partial charge in [-0.1, -0.05) is 24.8 Å². The third-order valence-corrected chi connectivity index (χ3v) is 2.87. The fraction of sp³-hybridized carbons (Fsp3) is 0.176. The average molecular weight is 284 g/mol. The number of amides is 2. The molecule has 0 unspecified atom stereocenters. The molecule has 0 saturated carbocycles. The Kier molecular flexibility index (Phi) is 6.14. The van der Waals surface area contributed by atoms with Crippen molar-refractivity contribution in [3.8, 4) is 0 Å². The van der Waals surface area contributed by atoms with E-state index in [1.807, 2.05) is 26.8 Å². The fourth-order valence-corrected chi connectivity index (χ4v) is 1.85. The molecule has 0 atom stereocenters. The van der Waals surface area contributed by atoms with Crippen LogP contribution in [0.5, 0.6) is 0 Å². The minimum atomic E-state index is -0.181. The van der Waals surface area contributed by atoms with Crippen LogP contribution in [0.1, 0.15) is 26.3 Å². The van der Waals surface area contributed by atoms with E-state index in [9.17, 15) is 9.59 Å². The van der Waals surface area contributed by atoms with Crippen LogP contribution in [-0.2, 0) is 9.59 Å². The van der Waals surface area contributed by atoms with E-state index in [4.69, 9.17) is 0 Å². The smallest absolute Gasteiger partial charge is 0.255 e. The zero-order chi connectivity index (χ0) is 15.8. The summed E-state index contributed by atoms with van der Waals surface area (Å²) in [5.74, 6) is -0.181. The summed E-state index contributed by atoms with van der Waals surface area (Å²) in [6.45, 7) is 9.39. The highest BCUT2D eigenvalue weighted by Crippen LogP contribution is 2.26. The molecular weight excluding hydrogens is 264 g/mol. The lowest BCUT2D eigenvalue weighted by molar-refractivity contribution is -0.112. The Morgan fingerprint density at radius 2 is 2.00 bits per heavy atom. The Bertz CT molecular complexity index is 613. The SMILES string of the molecule is C=C(C)c1cc(NC(=O)C(/C=C\C)=C/C)ccc1NC=O. The predicted octanol–water partition coefficient (Wildman–Crippen LogP) is 3.75. The van der Waals surface area contributed by atoms with Crippen LogP contribution in [0, 0.1) is 0 Å². The van der Waals surface area contributed by atoms with E-state index in [1.165, 1.54) is 0 Å². The molecule has 0 bridgehead atoms. The van der Waals surface area contributed by atoms with Crippen molar-refractivity contribution >= 4 is 29.3 Å². The van der Waals surface area contributed by atoms with Crippen molar-refractivity contribution in [3.05, 3.63) is 54.1 Å². The van der Waals surface area contributed by atoms with E-state index in [0.29, 0.717) is 23.4 Å². The molecule has 0 aromatic heterocycles. The topological polar surface area (TPSA) is 58.2 Å². The van der Waals surface area contributed by atoms with Gasteiger partial charge in [-0.25, -0.2) is 0 Å². The summed E-state index contributed by atoms with van der Waals surface area (Å²) in [5.41, 5.74) is 3.49. The Morgan fingerprint density at radius 1 is 1.29 bits per heavy atom. The summed E-state index contributed by atoms with van der Waals surface area (Å²) in [4.78, 5) is 22.7. The summed E-state index contributed by atoms with van der Waals surface area (Å²) in [6.07, 6.45) is 5.92. The molecule has 0 heterocycles. The highest BCUT2D eigenvalue weighted by atomic mass is 16.1. The maximum absolute atomic E-state index is 12.1. The maximum atomic E-state index is 12.1. The monoisotopic (exact) mass is 284 g/mol. The van der Waals surface area contributed by atoms with E-state index < -0.39 is 0 Å². The summed E-state index contributed by atoms with van der Waals surface area (Å²) in [6, 6.07) is 5.26. The number of carbonyl (C=O) groups excluding carboxylic acids is 2. The lowest BCUT2D eigenvalue weighted by Gasteiger charge is -2.12. The van der Waals surface area contributed by atoms with Crippen LogP contribution in [0.15, 0.2) is 48.6 Å². The molecule has 1 aromatic carbocycles. The molecule has 0 aliphatic heterocycles. The summed E-state index contributed by atoms with van der Waals surface area (Å²) < 4.78 is 0. The number of hydrogen-bond acceptors (Lipinski definition) is 2. The van der Waals surface area contributed by atoms with Gasteiger partial charge in [-0.3, -0.25) is 9.59 Å². The maximum Gasteiger partial charge on any atom is 0.255 e. The zero-order valence-corrected chi connectivity index (χ0v) is 12.6. The highest BCUT2D eigenvalue weighted by Gasteiger charge is 2.09. The van der Waals surface area contributed by atoms with Crippen LogP contribution >= 0.6 is 0 Å². The molecule has 1 rings (SSSR count). The van der Waals surface area contributed by atoms with Crippen molar-refractivity contribution in [2.45, 2.75) is 20.8 Å². The second-order valence-electron chi connectivity index (χ2n) is 4.50. The Labute approximate surface area is 125 Å². The lowest BCUT2D eigenvalue weighted by Crippen LogP contribution is -2.13. The zero-order valence-electron chi connectivity index (χ0n) is 12.6. The van der Waals surface area contributed by atoms with Gasteiger partial charge in [0.2, 0.25) is 6.41 Å². The van der Waals surface area contributed by atoms with Crippen LogP contribution in [0.4, 0.5) is 11.4 Å². The first-order chi connectivity index (χ1) is 10.0. The fourth-order valence-electron chi connectivity index (χ4n) is 1.85. The van der Waals surface area contributed by atoms with E-state index >= 15 is 0 Å². The van der Waals surface area contributed by atoms with Crippen molar-refractivity contribution in [2.24, 2.45) is 0 Å². The second-order valence-corrected chi connectivity index (χ2v) is 4.50. The summed E-state index contributed by atoms with van der Waals surface area (Å²) in [5, 5.41) is 5.44. The minimum absolute atomic E-state index is 0.181. The van der Waals surface area contributed by atoms with Gasteiger partial charge in [-0.05, 0) is 44.5 Å². The number of benzene rings is 1. The number of rotatable bonds is 6. The molecule has 1 aromatic rings. The van der Waals surface area contributed by atoms with E-state index in [1.54, 1.807) is 30.4 Å². The van der Waals surface area contributed by atoms with E-state index in [-0.39, 0.29) is 5.91 Å². The van der Waals surface area contributed by atoms with Gasteiger partial charge in [0.25, 0.3) is 5.91 Å². The predicted molar refractivity (Wildman–Crippen MR) is 88.0 cm³/mol. The van der Waals surface area contributed by atoms with Crippen molar-refractivity contribution in [1.29, 1.82) is 0 Å². The average Bonchev–Trinajstić information content (AvgIpc) is 2.46. The largest absolute Gasteiger partial charge is 0.328 e. The Morgan fingerprint density at radius 3 is 2.52 bits per heavy atom. The molecule has 0 aliphatic carbocycles. The van der Waals surface area contributed by atoms with Gasteiger partial charge in [0.1, 0.15) is 0 Å². The lowest BCUT2D eigenvalue weighted by atomic mass is 10.1. The van der Waals surface area contributed by atoms with Gasteiger partial charge in [0, 0.05) is 22.5 Å². The van der Waals surface area contributed by atoms with E-state index in [0.717, 1.165) is 11.1 Å². The minimum Gasteiger partial charge on any atom is -0.328 e. The quantitative estimate of drug-likeness (QED) is 0.475. The standard InChI is InChI=1S/C17H20N2O2/c1-5-7-13(6-2)17(21)19-14-8-9-16(18-11-20)15(10-14)12(3)4/h5-11H,3H2,1-2,4H3,(H,18,20)(H,19,21)/b7-5-,13-6+. The first-order valence-electron chi connectivity index (χ1n) is 6.64. The first-order valence-corrected chi connectivity index (χ1v) is 6.64. The molecule has 2 amide bonds. The van der Waals surface area contributed by atoms with Crippen LogP contribution in [0.3, 0.4) is 0 Å². The van der Waals surface area contributed by atoms with Crippen LogP contribution in [-0.4, -0.2) is 12.3 Å². The normalized spacial score (nSPS) is 11.3. The molecular formula is C17H20N2O2. The molecule has 0 fully saturated rings. The number of hydrogen-bond donors (Lipinski definition) is 2. The number of anilines is 2. The number of carbonyl (C=O) groups is 2. The van der Waals surface area contributed by atoms with Gasteiger partial charge < -0.3 is 10.6 Å². The van der Waals surface area contributed by atoms with Crippen molar-refractivity contribution < 1.29 is 9.59 Å². The Balaban J connectivity index is 3.05.